The summed E-state index contributed by atoms with van der Waals surface area (Å²) < 4.78 is 5.31. The molecule has 2 aromatic carbocycles. The van der Waals surface area contributed by atoms with Crippen LogP contribution in [0.1, 0.15) is 27.0 Å². The van der Waals surface area contributed by atoms with Gasteiger partial charge in [0.15, 0.2) is 0 Å². The van der Waals surface area contributed by atoms with Crippen molar-refractivity contribution >= 4 is 5.97 Å². The Kier molecular flexibility index (Phi) is 4.63. The minimum absolute atomic E-state index is 0.337. The number of carboxylic acid groups (broad SMARTS) is 1. The molecule has 1 aliphatic heterocycles. The molecule has 0 unspecified atom stereocenters. The highest BCUT2D eigenvalue weighted by Gasteiger charge is 2.15. The summed E-state index contributed by atoms with van der Waals surface area (Å²) in [6.45, 7) is 2.87. The summed E-state index contributed by atoms with van der Waals surface area (Å²) >= 11 is 0. The molecular formula is C19H21NO3. The summed E-state index contributed by atoms with van der Waals surface area (Å²) in [5.41, 5.74) is 4.25. The molecule has 120 valence electrons. The first-order valence-corrected chi connectivity index (χ1v) is 7.86. The first-order chi connectivity index (χ1) is 11.2. The van der Waals surface area contributed by atoms with Crippen LogP contribution in [0.5, 0.6) is 5.75 Å². The zero-order valence-corrected chi connectivity index (χ0v) is 13.3. The van der Waals surface area contributed by atoms with E-state index >= 15 is 0 Å². The minimum atomic E-state index is -0.879. The molecule has 0 fully saturated rings. The van der Waals surface area contributed by atoms with Gasteiger partial charge in [0.1, 0.15) is 5.75 Å². The van der Waals surface area contributed by atoms with E-state index in [2.05, 4.69) is 17.0 Å². The molecule has 4 nitrogen and oxygen atoms in total. The van der Waals surface area contributed by atoms with Crippen molar-refractivity contribution in [1.82, 2.24) is 4.90 Å². The number of ether oxygens (including phenoxy) is 1. The van der Waals surface area contributed by atoms with Gasteiger partial charge in [0.2, 0.25) is 0 Å². The molecule has 0 bridgehead atoms. The van der Waals surface area contributed by atoms with Gasteiger partial charge in [-0.2, -0.15) is 0 Å². The highest BCUT2D eigenvalue weighted by Crippen LogP contribution is 2.22. The van der Waals surface area contributed by atoms with Crippen molar-refractivity contribution < 1.29 is 14.6 Å². The smallest absolute Gasteiger partial charge is 0.335 e. The van der Waals surface area contributed by atoms with E-state index in [9.17, 15) is 4.79 Å². The van der Waals surface area contributed by atoms with Crippen LogP contribution in [0, 0.1) is 0 Å². The van der Waals surface area contributed by atoms with Gasteiger partial charge >= 0.3 is 5.97 Å². The van der Waals surface area contributed by atoms with E-state index in [4.69, 9.17) is 9.84 Å². The molecule has 4 heteroatoms. The van der Waals surface area contributed by atoms with Gasteiger partial charge in [0.05, 0.1) is 12.7 Å². The van der Waals surface area contributed by atoms with Gasteiger partial charge in [-0.05, 0) is 53.8 Å². The van der Waals surface area contributed by atoms with Crippen molar-refractivity contribution in [3.63, 3.8) is 0 Å². The zero-order valence-electron chi connectivity index (χ0n) is 13.3. The van der Waals surface area contributed by atoms with E-state index in [1.807, 2.05) is 18.2 Å². The SMILES string of the molecule is COc1ccc2c(c1)CCN(Cc1ccc(C(=O)O)cc1)CC2. The Bertz CT molecular complexity index is 694. The van der Waals surface area contributed by atoms with Gasteiger partial charge in [0, 0.05) is 19.6 Å². The van der Waals surface area contributed by atoms with Crippen LogP contribution >= 0.6 is 0 Å². The Hall–Kier alpha value is -2.33. The molecule has 1 heterocycles. The second-order valence-electron chi connectivity index (χ2n) is 5.91. The lowest BCUT2D eigenvalue weighted by Crippen LogP contribution is -2.25. The second-order valence-corrected chi connectivity index (χ2v) is 5.91. The molecule has 0 amide bonds. The summed E-state index contributed by atoms with van der Waals surface area (Å²) in [5.74, 6) is 0.0391. The maximum Gasteiger partial charge on any atom is 0.335 e. The maximum absolute atomic E-state index is 10.9. The molecular weight excluding hydrogens is 290 g/mol. The van der Waals surface area contributed by atoms with Crippen molar-refractivity contribution in [3.8, 4) is 5.75 Å². The highest BCUT2D eigenvalue weighted by atomic mass is 16.5. The lowest BCUT2D eigenvalue weighted by molar-refractivity contribution is 0.0697. The third kappa shape index (κ3) is 3.71. The summed E-state index contributed by atoms with van der Waals surface area (Å²) in [5, 5.41) is 8.96. The number of rotatable bonds is 4. The van der Waals surface area contributed by atoms with Crippen LogP contribution < -0.4 is 4.74 Å². The average Bonchev–Trinajstić information content (AvgIpc) is 2.77. The van der Waals surface area contributed by atoms with E-state index in [0.29, 0.717) is 5.56 Å². The molecule has 0 aromatic heterocycles. The van der Waals surface area contributed by atoms with Crippen LogP contribution in [-0.2, 0) is 19.4 Å². The molecule has 3 rings (SSSR count). The molecule has 1 aliphatic rings. The van der Waals surface area contributed by atoms with Crippen molar-refractivity contribution in [3.05, 3.63) is 64.7 Å². The normalized spacial score (nSPS) is 14.8. The highest BCUT2D eigenvalue weighted by molar-refractivity contribution is 5.87. The molecule has 2 aromatic rings. The lowest BCUT2D eigenvalue weighted by atomic mass is 10.0. The Morgan fingerprint density at radius 2 is 1.78 bits per heavy atom. The van der Waals surface area contributed by atoms with Crippen LogP contribution in [-0.4, -0.2) is 36.2 Å². The van der Waals surface area contributed by atoms with E-state index in [1.165, 1.54) is 11.1 Å². The Morgan fingerprint density at radius 3 is 2.43 bits per heavy atom. The first kappa shape index (κ1) is 15.6. The van der Waals surface area contributed by atoms with E-state index in [-0.39, 0.29) is 0 Å². The minimum Gasteiger partial charge on any atom is -0.497 e. The number of carboxylic acids is 1. The van der Waals surface area contributed by atoms with Crippen LogP contribution in [0.4, 0.5) is 0 Å². The van der Waals surface area contributed by atoms with Crippen LogP contribution in [0.2, 0.25) is 0 Å². The van der Waals surface area contributed by atoms with E-state index in [1.54, 1.807) is 19.2 Å². The fourth-order valence-corrected chi connectivity index (χ4v) is 3.04. The molecule has 0 atom stereocenters. The monoisotopic (exact) mass is 311 g/mol. The topological polar surface area (TPSA) is 49.8 Å². The number of hydrogen-bond acceptors (Lipinski definition) is 3. The Labute approximate surface area is 136 Å². The van der Waals surface area contributed by atoms with Crippen LogP contribution in [0.25, 0.3) is 0 Å². The Balaban J connectivity index is 1.66. The summed E-state index contributed by atoms with van der Waals surface area (Å²) in [4.78, 5) is 13.3. The number of methoxy groups -OCH3 is 1. The predicted molar refractivity (Wildman–Crippen MR) is 89.1 cm³/mol. The zero-order chi connectivity index (χ0) is 16.2. The van der Waals surface area contributed by atoms with Crippen molar-refractivity contribution in [2.45, 2.75) is 19.4 Å². The maximum atomic E-state index is 10.9. The molecule has 0 aliphatic carbocycles. The summed E-state index contributed by atoms with van der Waals surface area (Å²) in [7, 11) is 1.70. The third-order valence-corrected chi connectivity index (χ3v) is 4.42. The van der Waals surface area contributed by atoms with Crippen molar-refractivity contribution in [2.24, 2.45) is 0 Å². The first-order valence-electron chi connectivity index (χ1n) is 7.86. The van der Waals surface area contributed by atoms with E-state index < -0.39 is 5.97 Å². The molecule has 0 saturated heterocycles. The van der Waals surface area contributed by atoms with Crippen molar-refractivity contribution in [1.29, 1.82) is 0 Å². The second kappa shape index (κ2) is 6.84. The molecule has 0 saturated carbocycles. The number of benzene rings is 2. The van der Waals surface area contributed by atoms with E-state index in [0.717, 1.165) is 43.8 Å². The standard InChI is InChI=1S/C19H21NO3/c1-23-18-7-6-15-8-10-20(11-9-17(15)12-18)13-14-2-4-16(5-3-14)19(21)22/h2-7,12H,8-11,13H2,1H3,(H,21,22). The van der Waals surface area contributed by atoms with Gasteiger partial charge < -0.3 is 9.84 Å². The number of nitrogens with zero attached hydrogens (tertiary/aromatic N) is 1. The number of hydrogen-bond donors (Lipinski definition) is 1. The van der Waals surface area contributed by atoms with Gasteiger partial charge in [0.25, 0.3) is 0 Å². The van der Waals surface area contributed by atoms with Gasteiger partial charge in [-0.3, -0.25) is 4.90 Å². The fraction of sp³-hybridized carbons (Fsp3) is 0.316. The van der Waals surface area contributed by atoms with Crippen molar-refractivity contribution in [2.75, 3.05) is 20.2 Å². The predicted octanol–water partition coefficient (Wildman–Crippen LogP) is 2.99. The number of aromatic carboxylic acids is 1. The van der Waals surface area contributed by atoms with Gasteiger partial charge in [-0.15, -0.1) is 0 Å². The fourth-order valence-electron chi connectivity index (χ4n) is 3.04. The lowest BCUT2D eigenvalue weighted by Gasteiger charge is -2.19. The molecule has 0 radical (unpaired) electrons. The summed E-state index contributed by atoms with van der Waals surface area (Å²) in [6, 6.07) is 13.5. The molecule has 1 N–H and O–H groups in total. The third-order valence-electron chi connectivity index (χ3n) is 4.42. The quantitative estimate of drug-likeness (QED) is 0.943. The van der Waals surface area contributed by atoms with Gasteiger partial charge in [-0.25, -0.2) is 4.79 Å². The van der Waals surface area contributed by atoms with Gasteiger partial charge in [-0.1, -0.05) is 18.2 Å². The Morgan fingerprint density at radius 1 is 1.09 bits per heavy atom. The molecule has 0 spiro atoms. The number of fused-ring (bicyclic) bond motifs is 1. The molecule has 23 heavy (non-hydrogen) atoms. The largest absolute Gasteiger partial charge is 0.497 e. The van der Waals surface area contributed by atoms with Crippen LogP contribution in [0.15, 0.2) is 42.5 Å². The summed E-state index contributed by atoms with van der Waals surface area (Å²) in [6.07, 6.45) is 2.05. The average molecular weight is 311 g/mol. The van der Waals surface area contributed by atoms with Crippen LogP contribution in [0.3, 0.4) is 0 Å². The number of carbonyl (C=O) groups is 1.